The molecule has 1 aromatic carbocycles. The van der Waals surface area contributed by atoms with Crippen LogP contribution in [0, 0.1) is 5.41 Å². The van der Waals surface area contributed by atoms with Gasteiger partial charge in [-0.3, -0.25) is 0 Å². The zero-order valence-electron chi connectivity index (χ0n) is 12.7. The Labute approximate surface area is 122 Å². The molecule has 1 N–H and O–H groups in total. The molecule has 0 saturated carbocycles. The molecule has 1 unspecified atom stereocenters. The fourth-order valence-electron chi connectivity index (χ4n) is 2.53. The van der Waals surface area contributed by atoms with Gasteiger partial charge in [0.25, 0.3) is 0 Å². The molecule has 112 valence electrons. The number of hydrogen-bond acceptors (Lipinski definition) is 3. The first-order valence-corrected chi connectivity index (χ1v) is 8.48. The summed E-state index contributed by atoms with van der Waals surface area (Å²) in [6.45, 7) is 7.46. The number of hydrogen-bond donors (Lipinski definition) is 1. The number of rotatable bonds is 4. The zero-order chi connectivity index (χ0) is 15.0. The third-order valence-electron chi connectivity index (χ3n) is 4.07. The van der Waals surface area contributed by atoms with Crippen LogP contribution in [0.25, 0.3) is 0 Å². The van der Waals surface area contributed by atoms with Crippen LogP contribution in [0.15, 0.2) is 29.2 Å². The van der Waals surface area contributed by atoms with Crippen LogP contribution >= 0.6 is 0 Å². The Morgan fingerprint density at radius 3 is 2.60 bits per heavy atom. The Morgan fingerprint density at radius 1 is 1.35 bits per heavy atom. The van der Waals surface area contributed by atoms with Gasteiger partial charge in [-0.2, -0.15) is 4.31 Å². The maximum Gasteiger partial charge on any atom is 0.243 e. The molecule has 0 aromatic heterocycles. The lowest BCUT2D eigenvalue weighted by molar-refractivity contribution is 0.375. The van der Waals surface area contributed by atoms with Crippen molar-refractivity contribution in [3.63, 3.8) is 0 Å². The highest BCUT2D eigenvalue weighted by Gasteiger charge is 2.36. The van der Waals surface area contributed by atoms with E-state index in [2.05, 4.69) is 19.2 Å². The van der Waals surface area contributed by atoms with Crippen LogP contribution in [-0.4, -0.2) is 32.9 Å². The first-order chi connectivity index (χ1) is 9.26. The Hall–Kier alpha value is -0.910. The highest BCUT2D eigenvalue weighted by Crippen LogP contribution is 2.33. The SMILES string of the molecule is CNC(C)c1cccc(S(=O)(=O)N2CCC(C)(C)C2)c1. The molecule has 0 bridgehead atoms. The van der Waals surface area contributed by atoms with Gasteiger partial charge in [0.1, 0.15) is 0 Å². The molecule has 1 saturated heterocycles. The van der Waals surface area contributed by atoms with E-state index >= 15 is 0 Å². The monoisotopic (exact) mass is 296 g/mol. The van der Waals surface area contributed by atoms with Crippen molar-refractivity contribution in [3.8, 4) is 0 Å². The van der Waals surface area contributed by atoms with E-state index in [0.29, 0.717) is 18.0 Å². The summed E-state index contributed by atoms with van der Waals surface area (Å²) in [5.41, 5.74) is 1.06. The minimum absolute atomic E-state index is 0.0724. The molecule has 1 aliphatic rings. The second-order valence-electron chi connectivity index (χ2n) is 6.34. The molecule has 20 heavy (non-hydrogen) atoms. The summed E-state index contributed by atoms with van der Waals surface area (Å²) in [5.74, 6) is 0. The average Bonchev–Trinajstić information content (AvgIpc) is 2.79. The number of nitrogens with one attached hydrogen (secondary N) is 1. The summed E-state index contributed by atoms with van der Waals surface area (Å²) in [5, 5.41) is 3.13. The summed E-state index contributed by atoms with van der Waals surface area (Å²) in [6.07, 6.45) is 0.916. The van der Waals surface area contributed by atoms with Gasteiger partial charge >= 0.3 is 0 Å². The summed E-state index contributed by atoms with van der Waals surface area (Å²) in [7, 11) is -1.50. The maximum absolute atomic E-state index is 12.7. The number of sulfonamides is 1. The summed E-state index contributed by atoms with van der Waals surface area (Å²) >= 11 is 0. The van der Waals surface area contributed by atoms with Gasteiger partial charge < -0.3 is 5.32 Å². The van der Waals surface area contributed by atoms with E-state index in [4.69, 9.17) is 0 Å². The molecule has 2 rings (SSSR count). The van der Waals surface area contributed by atoms with E-state index in [0.717, 1.165) is 12.0 Å². The van der Waals surface area contributed by atoms with Crippen molar-refractivity contribution in [2.45, 2.75) is 38.1 Å². The van der Waals surface area contributed by atoms with Gasteiger partial charge in [0.15, 0.2) is 0 Å². The average molecular weight is 296 g/mol. The Bertz CT molecular complexity index is 581. The lowest BCUT2D eigenvalue weighted by Gasteiger charge is -2.20. The fraction of sp³-hybridized carbons (Fsp3) is 0.600. The summed E-state index contributed by atoms with van der Waals surface area (Å²) in [4.78, 5) is 0.398. The predicted molar refractivity (Wildman–Crippen MR) is 81.1 cm³/mol. The third kappa shape index (κ3) is 3.05. The zero-order valence-corrected chi connectivity index (χ0v) is 13.5. The molecule has 0 aliphatic carbocycles. The standard InChI is InChI=1S/C15H24N2O2S/c1-12(16-4)13-6-5-7-14(10-13)20(18,19)17-9-8-15(2,3)11-17/h5-7,10,12,16H,8-9,11H2,1-4H3. The second kappa shape index (κ2) is 5.47. The molecular formula is C15H24N2O2S. The molecule has 0 spiro atoms. The maximum atomic E-state index is 12.7. The van der Waals surface area contributed by atoms with Crippen LogP contribution in [0.3, 0.4) is 0 Å². The van der Waals surface area contributed by atoms with Crippen LogP contribution < -0.4 is 5.32 Å². The smallest absolute Gasteiger partial charge is 0.243 e. The Morgan fingerprint density at radius 2 is 2.05 bits per heavy atom. The first-order valence-electron chi connectivity index (χ1n) is 7.04. The van der Waals surface area contributed by atoms with E-state index in [1.165, 1.54) is 0 Å². The fourth-order valence-corrected chi connectivity index (χ4v) is 4.21. The van der Waals surface area contributed by atoms with Crippen LogP contribution in [0.4, 0.5) is 0 Å². The van der Waals surface area contributed by atoms with Crippen molar-refractivity contribution < 1.29 is 8.42 Å². The van der Waals surface area contributed by atoms with Crippen molar-refractivity contribution >= 4 is 10.0 Å². The molecule has 4 nitrogen and oxygen atoms in total. The summed E-state index contributed by atoms with van der Waals surface area (Å²) < 4.78 is 27.0. The highest BCUT2D eigenvalue weighted by molar-refractivity contribution is 7.89. The second-order valence-corrected chi connectivity index (χ2v) is 8.27. The van der Waals surface area contributed by atoms with Crippen molar-refractivity contribution in [2.24, 2.45) is 5.41 Å². The Kier molecular flexibility index (Phi) is 4.23. The van der Waals surface area contributed by atoms with E-state index in [9.17, 15) is 8.42 Å². The van der Waals surface area contributed by atoms with Gasteiger partial charge in [-0.1, -0.05) is 26.0 Å². The van der Waals surface area contributed by atoms with E-state index < -0.39 is 10.0 Å². The van der Waals surface area contributed by atoms with Gasteiger partial charge in [-0.05, 0) is 43.5 Å². The van der Waals surface area contributed by atoms with Crippen LogP contribution in [-0.2, 0) is 10.0 Å². The van der Waals surface area contributed by atoms with Gasteiger partial charge in [-0.25, -0.2) is 8.42 Å². The molecule has 1 heterocycles. The van der Waals surface area contributed by atoms with Crippen molar-refractivity contribution in [2.75, 3.05) is 20.1 Å². The first kappa shape index (κ1) is 15.5. The quantitative estimate of drug-likeness (QED) is 0.928. The molecular weight excluding hydrogens is 272 g/mol. The molecule has 1 fully saturated rings. The van der Waals surface area contributed by atoms with E-state index in [1.54, 1.807) is 16.4 Å². The van der Waals surface area contributed by atoms with Gasteiger partial charge in [-0.15, -0.1) is 0 Å². The van der Waals surface area contributed by atoms with Crippen LogP contribution in [0.1, 0.15) is 38.8 Å². The lowest BCUT2D eigenvalue weighted by Crippen LogP contribution is -2.30. The van der Waals surface area contributed by atoms with E-state index in [-0.39, 0.29) is 11.5 Å². The largest absolute Gasteiger partial charge is 0.313 e. The lowest BCUT2D eigenvalue weighted by atomic mass is 9.93. The van der Waals surface area contributed by atoms with Crippen molar-refractivity contribution in [1.29, 1.82) is 0 Å². The molecule has 5 heteroatoms. The van der Waals surface area contributed by atoms with Crippen LogP contribution in [0.5, 0.6) is 0 Å². The Balaban J connectivity index is 2.31. The van der Waals surface area contributed by atoms with Gasteiger partial charge in [0.2, 0.25) is 10.0 Å². The van der Waals surface area contributed by atoms with Gasteiger partial charge in [0.05, 0.1) is 4.90 Å². The van der Waals surface area contributed by atoms with Crippen molar-refractivity contribution in [1.82, 2.24) is 9.62 Å². The molecule has 1 aliphatic heterocycles. The minimum atomic E-state index is -3.37. The van der Waals surface area contributed by atoms with Crippen LogP contribution in [0.2, 0.25) is 0 Å². The predicted octanol–water partition coefficient (Wildman–Crippen LogP) is 2.39. The van der Waals surface area contributed by atoms with Gasteiger partial charge in [0, 0.05) is 19.1 Å². The summed E-state index contributed by atoms with van der Waals surface area (Å²) in [6, 6.07) is 7.37. The number of benzene rings is 1. The topological polar surface area (TPSA) is 49.4 Å². The molecule has 0 amide bonds. The normalized spacial score (nSPS) is 21.0. The van der Waals surface area contributed by atoms with Crippen molar-refractivity contribution in [3.05, 3.63) is 29.8 Å². The highest BCUT2D eigenvalue weighted by atomic mass is 32.2. The minimum Gasteiger partial charge on any atom is -0.313 e. The molecule has 1 aromatic rings. The molecule has 0 radical (unpaired) electrons. The number of nitrogens with zero attached hydrogens (tertiary/aromatic N) is 1. The van der Waals surface area contributed by atoms with E-state index in [1.807, 2.05) is 26.1 Å². The molecule has 1 atom stereocenters. The third-order valence-corrected chi connectivity index (χ3v) is 5.91.